The molecule has 16 heavy (non-hydrogen) atoms. The molecule has 0 fully saturated rings. The summed E-state index contributed by atoms with van der Waals surface area (Å²) in [5.74, 6) is 4.86. The molecule has 1 aromatic rings. The van der Waals surface area contributed by atoms with E-state index in [0.717, 1.165) is 0 Å². The summed E-state index contributed by atoms with van der Waals surface area (Å²) >= 11 is 2.83. The van der Waals surface area contributed by atoms with Gasteiger partial charge in [0, 0.05) is 0 Å². The van der Waals surface area contributed by atoms with Crippen molar-refractivity contribution < 1.29 is 15.7 Å². The fourth-order valence-corrected chi connectivity index (χ4v) is 1.28. The minimum Gasteiger partial charge on any atom is -0.390 e. The first-order valence-corrected chi connectivity index (χ1v) is 5.53. The zero-order valence-electron chi connectivity index (χ0n) is 7.59. The van der Waals surface area contributed by atoms with Gasteiger partial charge in [0.05, 0.1) is 0 Å². The minimum atomic E-state index is -0.798. The maximum Gasteiger partial charge on any atom is 0.439 e. The Morgan fingerprint density at radius 1 is 1.31 bits per heavy atom. The van der Waals surface area contributed by atoms with Crippen molar-refractivity contribution in [2.24, 2.45) is 5.84 Å². The largest absolute Gasteiger partial charge is 0.439 e. The van der Waals surface area contributed by atoms with E-state index >= 15 is 0 Å². The number of rotatable bonds is 2. The normalized spacial score (nSPS) is 9.44. The van der Waals surface area contributed by atoms with Gasteiger partial charge in [-0.3, -0.25) is 0 Å². The highest BCUT2D eigenvalue weighted by molar-refractivity contribution is 14.1. The lowest BCUT2D eigenvalue weighted by Crippen LogP contribution is -2.37. The molecule has 1 heterocycles. The van der Waals surface area contributed by atoms with Crippen LogP contribution < -0.4 is 10.9 Å². The van der Waals surface area contributed by atoms with E-state index in [2.05, 4.69) is 11.1 Å². The van der Waals surface area contributed by atoms with Crippen molar-refractivity contribution in [1.29, 1.82) is 0 Å². The van der Waals surface area contributed by atoms with Gasteiger partial charge in [0.25, 0.3) is 0 Å². The molecule has 0 spiro atoms. The topological polar surface area (TPSA) is 94.8 Å². The molecule has 1 aromatic heterocycles. The van der Waals surface area contributed by atoms with Gasteiger partial charge in [-0.1, -0.05) is 6.07 Å². The van der Waals surface area contributed by atoms with Crippen LogP contribution in [0, 0.1) is 0 Å². The van der Waals surface area contributed by atoms with Crippen molar-refractivity contribution >= 4 is 63.9 Å². The highest BCUT2D eigenvalue weighted by Gasteiger charge is 2.16. The van der Waals surface area contributed by atoms with E-state index in [1.807, 2.05) is 0 Å². The van der Waals surface area contributed by atoms with Crippen LogP contribution in [0.25, 0.3) is 0 Å². The lowest BCUT2D eigenvalue weighted by atomic mass is 10.3. The molecule has 1 rings (SSSR count). The number of aromatic nitrogens is 1. The van der Waals surface area contributed by atoms with Gasteiger partial charge in [0.1, 0.15) is 0 Å². The Morgan fingerprint density at radius 2 is 2.00 bits per heavy atom. The van der Waals surface area contributed by atoms with Crippen molar-refractivity contribution in [2.45, 2.75) is 0 Å². The Kier molecular flexibility index (Phi) is 5.14. The number of hydrogen-bond donors (Lipinski definition) is 1. The van der Waals surface area contributed by atoms with Gasteiger partial charge < -0.3 is 6.13 Å². The quantitative estimate of drug-likeness (QED) is 0.320. The van der Waals surface area contributed by atoms with Crippen LogP contribution in [-0.4, -0.2) is 17.0 Å². The van der Waals surface area contributed by atoms with Crippen molar-refractivity contribution in [2.75, 3.05) is 5.01 Å². The van der Waals surface area contributed by atoms with Gasteiger partial charge in [-0.15, -0.1) is 0 Å². The Hall–Kier alpha value is -0.690. The monoisotopic (exact) mass is 449 g/mol. The molecular formula is C7H5I2N3O4. The molecule has 0 radical (unpaired) electrons. The van der Waals surface area contributed by atoms with Gasteiger partial charge >= 0.3 is 12.1 Å². The molecule has 0 atom stereocenters. The summed E-state index contributed by atoms with van der Waals surface area (Å²) in [6.07, 6.45) is -0.798. The number of amides is 1. The number of pyridine rings is 1. The second-order valence-electron chi connectivity index (χ2n) is 2.46. The van der Waals surface area contributed by atoms with Crippen LogP contribution in [0.4, 0.5) is 10.6 Å². The van der Waals surface area contributed by atoms with Crippen molar-refractivity contribution in [3.8, 4) is 0 Å². The van der Waals surface area contributed by atoms with Crippen molar-refractivity contribution in [3.63, 3.8) is 0 Å². The first-order chi connectivity index (χ1) is 7.60. The maximum absolute atomic E-state index is 11.2. The number of halogens is 2. The lowest BCUT2D eigenvalue weighted by molar-refractivity contribution is 0.0794. The number of hydrazine groups is 1. The fraction of sp³-hybridized carbons (Fsp3) is 0. The lowest BCUT2D eigenvalue weighted by Gasteiger charge is -2.12. The molecule has 0 saturated carbocycles. The molecule has 0 saturated heterocycles. The highest BCUT2D eigenvalue weighted by Crippen LogP contribution is 2.11. The van der Waals surface area contributed by atoms with E-state index < -0.39 is 12.1 Å². The van der Waals surface area contributed by atoms with Crippen molar-refractivity contribution in [3.05, 3.63) is 23.9 Å². The summed E-state index contributed by atoms with van der Waals surface area (Å²) in [7, 11) is 0. The smallest absolute Gasteiger partial charge is 0.390 e. The summed E-state index contributed by atoms with van der Waals surface area (Å²) in [6, 6.07) is 4.41. The Morgan fingerprint density at radius 3 is 2.56 bits per heavy atom. The third-order valence-corrected chi connectivity index (χ3v) is 2.30. The summed E-state index contributed by atoms with van der Waals surface area (Å²) in [5.41, 5.74) is 0.0450. The number of carbonyl (C=O) groups is 2. The maximum atomic E-state index is 11.2. The SMILES string of the molecule is NN(C(=O)OI)c1cccc(C(=O)OI)n1. The molecule has 9 heteroatoms. The van der Waals surface area contributed by atoms with Crippen LogP contribution >= 0.6 is 46.0 Å². The zero-order valence-corrected chi connectivity index (χ0v) is 11.9. The summed E-state index contributed by atoms with van der Waals surface area (Å²) in [6.45, 7) is 0. The molecule has 0 aliphatic heterocycles. The fourth-order valence-electron chi connectivity index (χ4n) is 0.841. The minimum absolute atomic E-state index is 0.0450. The molecule has 86 valence electrons. The zero-order chi connectivity index (χ0) is 12.1. The van der Waals surface area contributed by atoms with Gasteiger partial charge in [0.2, 0.25) is 0 Å². The first-order valence-electron chi connectivity index (χ1n) is 3.77. The van der Waals surface area contributed by atoms with Crippen molar-refractivity contribution in [1.82, 2.24) is 4.98 Å². The molecule has 7 nitrogen and oxygen atoms in total. The second kappa shape index (κ2) is 6.15. The number of anilines is 1. The van der Waals surface area contributed by atoms with E-state index in [-0.39, 0.29) is 11.5 Å². The summed E-state index contributed by atoms with van der Waals surface area (Å²) < 4.78 is 8.82. The number of nitrogens with two attached hydrogens (primary N) is 1. The molecule has 0 aromatic carbocycles. The molecule has 0 bridgehead atoms. The molecule has 0 aliphatic carbocycles. The van der Waals surface area contributed by atoms with E-state index in [4.69, 9.17) is 5.84 Å². The van der Waals surface area contributed by atoms with Crippen LogP contribution in [0.5, 0.6) is 0 Å². The standard InChI is InChI=1S/C7H5I2N3O4/c8-15-6(13)4-2-1-3-5(11-4)12(10)7(14)16-9/h1-3H,10H2. The van der Waals surface area contributed by atoms with Crippen LogP contribution in [-0.2, 0) is 6.13 Å². The van der Waals surface area contributed by atoms with Crippen LogP contribution in [0.2, 0.25) is 0 Å². The Balaban J connectivity index is 2.98. The average molecular weight is 449 g/mol. The van der Waals surface area contributed by atoms with Gasteiger partial charge in [-0.25, -0.2) is 20.4 Å². The number of carbonyl (C=O) groups excluding carboxylic acids is 2. The third kappa shape index (κ3) is 3.15. The Bertz CT molecular complexity index is 414. The predicted octanol–water partition coefficient (Wildman–Crippen LogP) is 1.76. The molecular weight excluding hydrogens is 444 g/mol. The molecule has 2 N–H and O–H groups in total. The van der Waals surface area contributed by atoms with E-state index in [1.54, 1.807) is 0 Å². The van der Waals surface area contributed by atoms with E-state index in [1.165, 1.54) is 64.2 Å². The highest BCUT2D eigenvalue weighted by atomic mass is 127. The third-order valence-electron chi connectivity index (χ3n) is 1.52. The Labute approximate surface area is 119 Å². The van der Waals surface area contributed by atoms with Crippen LogP contribution in [0.3, 0.4) is 0 Å². The van der Waals surface area contributed by atoms with Crippen LogP contribution in [0.1, 0.15) is 10.5 Å². The summed E-state index contributed by atoms with van der Waals surface area (Å²) in [4.78, 5) is 26.1. The van der Waals surface area contributed by atoms with Gasteiger partial charge in [0.15, 0.2) is 57.5 Å². The molecule has 0 unspecified atom stereocenters. The predicted molar refractivity (Wildman–Crippen MR) is 70.8 cm³/mol. The summed E-state index contributed by atoms with van der Waals surface area (Å²) in [5, 5.41) is 0.677. The molecule has 0 aliphatic rings. The number of hydrogen-bond acceptors (Lipinski definition) is 6. The molecule has 1 amide bonds. The first kappa shape index (κ1) is 13.4. The van der Waals surface area contributed by atoms with E-state index in [9.17, 15) is 9.59 Å². The second-order valence-corrected chi connectivity index (χ2v) is 3.34. The number of nitrogens with zero attached hydrogens (tertiary/aromatic N) is 2. The van der Waals surface area contributed by atoms with Crippen LogP contribution in [0.15, 0.2) is 18.2 Å². The average Bonchev–Trinajstić information content (AvgIpc) is 2.36. The van der Waals surface area contributed by atoms with Gasteiger partial charge in [-0.2, -0.15) is 5.01 Å². The van der Waals surface area contributed by atoms with E-state index in [0.29, 0.717) is 5.01 Å². The van der Waals surface area contributed by atoms with Gasteiger partial charge in [-0.05, 0) is 12.1 Å².